The lowest BCUT2D eigenvalue weighted by atomic mass is 9.75. The van der Waals surface area contributed by atoms with Crippen molar-refractivity contribution in [3.63, 3.8) is 0 Å². The Balaban J connectivity index is 1.54. The van der Waals surface area contributed by atoms with Crippen molar-refractivity contribution < 1.29 is 23.1 Å². The number of carbonyl (C=O) groups excluding carboxylic acids is 1. The van der Waals surface area contributed by atoms with Crippen LogP contribution >= 0.6 is 0 Å². The third kappa shape index (κ3) is 6.07. The molecule has 8 nitrogen and oxygen atoms in total. The molecule has 3 aromatic carbocycles. The second-order valence-corrected chi connectivity index (χ2v) is 12.0. The number of hydrogen-bond donors (Lipinski definition) is 2. The summed E-state index contributed by atoms with van der Waals surface area (Å²) in [5, 5.41) is 20.7. The molecule has 5 rings (SSSR count). The van der Waals surface area contributed by atoms with Crippen molar-refractivity contribution in [2.45, 2.75) is 48.8 Å². The van der Waals surface area contributed by atoms with Crippen LogP contribution in [-0.2, 0) is 25.2 Å². The van der Waals surface area contributed by atoms with E-state index in [1.165, 1.54) is 18.3 Å². The predicted molar refractivity (Wildman–Crippen MR) is 163 cm³/mol. The molecule has 0 fully saturated rings. The summed E-state index contributed by atoms with van der Waals surface area (Å²) < 4.78 is 35.5. The summed E-state index contributed by atoms with van der Waals surface area (Å²) in [7, 11) is -4.07. The number of aliphatic hydroxyl groups is 1. The van der Waals surface area contributed by atoms with Crippen LogP contribution in [-0.4, -0.2) is 30.9 Å². The van der Waals surface area contributed by atoms with Gasteiger partial charge in [0.2, 0.25) is 0 Å². The smallest absolute Gasteiger partial charge is 0.279 e. The second-order valence-electron chi connectivity index (χ2n) is 10.3. The first-order valence-corrected chi connectivity index (χ1v) is 15.4. The fourth-order valence-electron chi connectivity index (χ4n) is 5.77. The minimum absolute atomic E-state index is 0.0323. The van der Waals surface area contributed by atoms with E-state index in [4.69, 9.17) is 10.00 Å². The second kappa shape index (κ2) is 12.6. The molecule has 1 aliphatic heterocycles. The van der Waals surface area contributed by atoms with Crippen molar-refractivity contribution in [2.24, 2.45) is 0 Å². The van der Waals surface area contributed by atoms with Gasteiger partial charge in [-0.3, -0.25) is 4.72 Å². The van der Waals surface area contributed by atoms with Gasteiger partial charge in [-0.1, -0.05) is 79.7 Å². The quantitative estimate of drug-likeness (QED) is 0.204. The first kappa shape index (κ1) is 29.7. The molecular weight excluding hydrogens is 562 g/mol. The van der Waals surface area contributed by atoms with Crippen LogP contribution in [0.25, 0.3) is 0 Å². The van der Waals surface area contributed by atoms with E-state index in [1.807, 2.05) is 79.7 Å². The van der Waals surface area contributed by atoms with Gasteiger partial charge in [0.15, 0.2) is 5.03 Å². The van der Waals surface area contributed by atoms with Gasteiger partial charge in [-0.25, -0.2) is 4.98 Å². The van der Waals surface area contributed by atoms with Crippen molar-refractivity contribution in [3.05, 3.63) is 137 Å². The number of aliphatic hydroxyl groups excluding tert-OH is 1. The van der Waals surface area contributed by atoms with Gasteiger partial charge < -0.3 is 14.6 Å². The molecule has 4 aromatic rings. The molecule has 2 N–H and O–H groups in total. The lowest BCUT2D eigenvalue weighted by Gasteiger charge is -2.44. The van der Waals surface area contributed by atoms with Crippen LogP contribution in [0.15, 0.2) is 120 Å². The fourth-order valence-corrected chi connectivity index (χ4v) is 6.79. The Morgan fingerprint density at radius 3 is 2.33 bits per heavy atom. The number of benzene rings is 3. The molecule has 0 bridgehead atoms. The Labute approximate surface area is 251 Å². The van der Waals surface area contributed by atoms with Crippen LogP contribution in [0, 0.1) is 11.3 Å². The molecular formula is C34H31N3O5S. The highest BCUT2D eigenvalue weighted by Crippen LogP contribution is 2.49. The molecule has 2 atom stereocenters. The average molecular weight is 594 g/mol. The Morgan fingerprint density at radius 2 is 1.72 bits per heavy atom. The summed E-state index contributed by atoms with van der Waals surface area (Å²) in [4.78, 5) is 15.9. The van der Waals surface area contributed by atoms with E-state index in [2.05, 4.69) is 9.71 Å². The number of ether oxygens (including phenoxy) is 1. The van der Waals surface area contributed by atoms with Crippen LogP contribution in [0.4, 0.5) is 5.69 Å². The maximum atomic E-state index is 13.1. The molecule has 0 amide bonds. The van der Waals surface area contributed by atoms with E-state index in [9.17, 15) is 18.3 Å². The van der Waals surface area contributed by atoms with Crippen molar-refractivity contribution in [1.82, 2.24) is 4.98 Å². The Bertz CT molecular complexity index is 1740. The number of nitrogens with one attached hydrogen (secondary N) is 1. The molecule has 218 valence electrons. The number of aromatic nitrogens is 1. The molecule has 0 spiro atoms. The lowest BCUT2D eigenvalue weighted by Crippen LogP contribution is -2.42. The Kier molecular flexibility index (Phi) is 8.71. The third-order valence-electron chi connectivity index (χ3n) is 7.69. The molecule has 2 unspecified atom stereocenters. The Morgan fingerprint density at radius 1 is 1.05 bits per heavy atom. The summed E-state index contributed by atoms with van der Waals surface area (Å²) in [6.45, 7) is 1.97. The first-order chi connectivity index (χ1) is 20.8. The lowest BCUT2D eigenvalue weighted by molar-refractivity contribution is -0.116. The summed E-state index contributed by atoms with van der Waals surface area (Å²) in [6, 6.07) is 30.8. The number of nitriles is 1. The minimum Gasteiger partial charge on any atom is -0.512 e. The first-order valence-electron chi connectivity index (χ1n) is 13.9. The van der Waals surface area contributed by atoms with Crippen molar-refractivity contribution in [3.8, 4) is 6.07 Å². The van der Waals surface area contributed by atoms with Crippen LogP contribution in [0.2, 0.25) is 0 Å². The molecule has 0 radical (unpaired) electrons. The number of sulfonamides is 1. The van der Waals surface area contributed by atoms with E-state index in [0.717, 1.165) is 23.0 Å². The summed E-state index contributed by atoms with van der Waals surface area (Å²) >= 11 is 0. The van der Waals surface area contributed by atoms with E-state index < -0.39 is 21.7 Å². The minimum atomic E-state index is -4.07. The highest BCUT2D eigenvalue weighted by molar-refractivity contribution is 7.92. The predicted octanol–water partition coefficient (Wildman–Crippen LogP) is 6.38. The van der Waals surface area contributed by atoms with Crippen LogP contribution in [0.5, 0.6) is 0 Å². The van der Waals surface area contributed by atoms with E-state index in [1.54, 1.807) is 18.2 Å². The van der Waals surface area contributed by atoms with Crippen molar-refractivity contribution in [2.75, 3.05) is 4.72 Å². The fraction of sp³-hybridized carbons (Fsp3) is 0.206. The maximum Gasteiger partial charge on any atom is 0.279 e. The summed E-state index contributed by atoms with van der Waals surface area (Å²) in [6.07, 6.45) is 2.09. The highest BCUT2D eigenvalue weighted by Gasteiger charge is 2.45. The standard InChI is InChI=1S/C34H31N3O5S/c1-2-29(25-10-9-15-28(21-25)37-43(40,41)32-20-24(23-35)16-18-36-32)33-30(39)22-34(42-31(33)17-19-38,26-11-5-3-6-12-26)27-13-7-4-8-14-27/h3-16,18-21,29,31,37,39H,2,17,22H2,1H3. The molecule has 1 aliphatic rings. The normalized spacial score (nSPS) is 17.1. The maximum absolute atomic E-state index is 13.1. The molecule has 0 saturated heterocycles. The summed E-state index contributed by atoms with van der Waals surface area (Å²) in [5.41, 5.74) is 2.53. The van der Waals surface area contributed by atoms with Crippen molar-refractivity contribution in [1.29, 1.82) is 5.26 Å². The molecule has 0 saturated carbocycles. The van der Waals surface area contributed by atoms with Crippen LogP contribution < -0.4 is 4.72 Å². The SMILES string of the molecule is CCC(C1=C(O)CC(c2ccccc2)(c2ccccc2)OC1CC=O)c1cccc(NS(=O)(=O)c2cc(C#N)ccn2)c1. The van der Waals surface area contributed by atoms with Gasteiger partial charge in [0.25, 0.3) is 10.0 Å². The molecule has 1 aromatic heterocycles. The Hall–Kier alpha value is -4.78. The topological polar surface area (TPSA) is 129 Å². The molecule has 9 heteroatoms. The number of hydrogen-bond acceptors (Lipinski definition) is 7. The average Bonchev–Trinajstić information content (AvgIpc) is 3.03. The van der Waals surface area contributed by atoms with Gasteiger partial charge in [0.05, 0.1) is 23.5 Å². The summed E-state index contributed by atoms with van der Waals surface area (Å²) in [5.74, 6) is -0.222. The van der Waals surface area contributed by atoms with Gasteiger partial charge in [-0.05, 0) is 47.4 Å². The third-order valence-corrected chi connectivity index (χ3v) is 8.97. The van der Waals surface area contributed by atoms with Gasteiger partial charge >= 0.3 is 0 Å². The zero-order valence-electron chi connectivity index (χ0n) is 23.6. The largest absolute Gasteiger partial charge is 0.512 e. The number of aldehydes is 1. The zero-order valence-corrected chi connectivity index (χ0v) is 24.4. The number of nitrogens with zero attached hydrogens (tertiary/aromatic N) is 2. The number of pyridine rings is 1. The zero-order chi connectivity index (χ0) is 30.5. The van der Waals surface area contributed by atoms with Gasteiger partial charge in [-0.15, -0.1) is 0 Å². The molecule has 0 aliphatic carbocycles. The van der Waals surface area contributed by atoms with Crippen molar-refractivity contribution >= 4 is 22.0 Å². The van der Waals surface area contributed by atoms with Gasteiger partial charge in [-0.2, -0.15) is 13.7 Å². The van der Waals surface area contributed by atoms with Crippen LogP contribution in [0.3, 0.4) is 0 Å². The number of rotatable bonds is 10. The van der Waals surface area contributed by atoms with E-state index >= 15 is 0 Å². The van der Waals surface area contributed by atoms with Crippen LogP contribution in [0.1, 0.15) is 54.4 Å². The van der Waals surface area contributed by atoms with E-state index in [-0.39, 0.29) is 35.1 Å². The molecule has 2 heterocycles. The van der Waals surface area contributed by atoms with E-state index in [0.29, 0.717) is 17.7 Å². The highest BCUT2D eigenvalue weighted by atomic mass is 32.2. The van der Waals surface area contributed by atoms with Gasteiger partial charge in [0.1, 0.15) is 11.9 Å². The van der Waals surface area contributed by atoms with Gasteiger partial charge in [0, 0.05) is 36.2 Å². The monoisotopic (exact) mass is 593 g/mol. The number of anilines is 1. The number of carbonyl (C=O) groups is 1. The molecule has 43 heavy (non-hydrogen) atoms.